The van der Waals surface area contributed by atoms with Gasteiger partial charge in [0.25, 0.3) is 0 Å². The number of thiazole rings is 1. The summed E-state index contributed by atoms with van der Waals surface area (Å²) in [6.45, 7) is 4.27. The summed E-state index contributed by atoms with van der Waals surface area (Å²) in [4.78, 5) is 13.3. The molecule has 8 heteroatoms. The first-order valence-electron chi connectivity index (χ1n) is 8.36. The second kappa shape index (κ2) is 7.09. The minimum absolute atomic E-state index is 0.0692. The number of aromatic nitrogens is 3. The fourth-order valence-electron chi connectivity index (χ4n) is 2.78. The van der Waals surface area contributed by atoms with Crippen molar-refractivity contribution in [3.63, 3.8) is 0 Å². The lowest BCUT2D eigenvalue weighted by Gasteiger charge is -2.10. The quantitative estimate of drug-likeness (QED) is 0.360. The summed E-state index contributed by atoms with van der Waals surface area (Å²) in [5, 5.41) is 13.3. The van der Waals surface area contributed by atoms with Gasteiger partial charge in [0.2, 0.25) is 5.90 Å². The molecule has 0 bridgehead atoms. The normalized spacial score (nSPS) is 11.1. The zero-order valence-corrected chi connectivity index (χ0v) is 16.3. The molecule has 0 radical (unpaired) electrons. The molecule has 136 valence electrons. The van der Waals surface area contributed by atoms with Crippen LogP contribution in [-0.4, -0.2) is 27.5 Å². The topological polar surface area (TPSA) is 83.8 Å². The van der Waals surface area contributed by atoms with Crippen LogP contribution in [0.3, 0.4) is 0 Å². The van der Waals surface area contributed by atoms with E-state index in [2.05, 4.69) is 20.3 Å². The van der Waals surface area contributed by atoms with Crippen LogP contribution in [0, 0.1) is 12.3 Å². The average Bonchev–Trinajstić information content (AvgIpc) is 3.09. The van der Waals surface area contributed by atoms with Crippen molar-refractivity contribution >= 4 is 61.5 Å². The number of nitrogens with zero attached hydrogens (tertiary/aromatic N) is 3. The molecular formula is C19H16ClN5OS. The average molecular weight is 398 g/mol. The van der Waals surface area contributed by atoms with Crippen molar-refractivity contribution in [1.29, 1.82) is 5.41 Å². The molecule has 4 rings (SSSR count). The third kappa shape index (κ3) is 3.31. The molecule has 0 unspecified atom stereocenters. The third-order valence-electron chi connectivity index (χ3n) is 4.02. The number of anilines is 2. The van der Waals surface area contributed by atoms with Gasteiger partial charge in [0.1, 0.15) is 12.1 Å². The number of nitrogens with one attached hydrogen (secondary N) is 2. The van der Waals surface area contributed by atoms with E-state index in [0.717, 1.165) is 32.4 Å². The van der Waals surface area contributed by atoms with Gasteiger partial charge in [-0.1, -0.05) is 17.7 Å². The predicted octanol–water partition coefficient (Wildman–Crippen LogP) is 5.31. The molecule has 2 aromatic heterocycles. The monoisotopic (exact) mass is 397 g/mol. The van der Waals surface area contributed by atoms with E-state index in [4.69, 9.17) is 21.7 Å². The van der Waals surface area contributed by atoms with Crippen LogP contribution in [0.15, 0.2) is 36.7 Å². The Balaban J connectivity index is 1.87. The van der Waals surface area contributed by atoms with E-state index in [1.165, 1.54) is 17.7 Å². The van der Waals surface area contributed by atoms with E-state index in [0.29, 0.717) is 22.5 Å². The number of ether oxygens (including phenoxy) is 1. The van der Waals surface area contributed by atoms with Crippen molar-refractivity contribution in [1.82, 2.24) is 15.0 Å². The van der Waals surface area contributed by atoms with Crippen molar-refractivity contribution < 1.29 is 4.74 Å². The summed E-state index contributed by atoms with van der Waals surface area (Å²) in [7, 11) is 0. The number of aryl methyl sites for hydroxylation is 1. The number of hydrogen-bond acceptors (Lipinski definition) is 7. The van der Waals surface area contributed by atoms with Gasteiger partial charge in [0, 0.05) is 0 Å². The van der Waals surface area contributed by atoms with Crippen LogP contribution >= 0.6 is 22.9 Å². The summed E-state index contributed by atoms with van der Waals surface area (Å²) in [6.07, 6.45) is 1.52. The molecule has 0 aliphatic carbocycles. The van der Waals surface area contributed by atoms with Crippen molar-refractivity contribution in [3.05, 3.63) is 52.3 Å². The van der Waals surface area contributed by atoms with Crippen molar-refractivity contribution in [2.75, 3.05) is 11.9 Å². The summed E-state index contributed by atoms with van der Waals surface area (Å²) in [5.41, 5.74) is 3.43. The largest absolute Gasteiger partial charge is 0.476 e. The van der Waals surface area contributed by atoms with E-state index in [9.17, 15) is 0 Å². The van der Waals surface area contributed by atoms with Crippen LogP contribution in [0.4, 0.5) is 11.5 Å². The second-order valence-corrected chi connectivity index (χ2v) is 7.33. The molecular weight excluding hydrogens is 382 g/mol. The van der Waals surface area contributed by atoms with Gasteiger partial charge in [-0.05, 0) is 43.7 Å². The molecule has 0 aliphatic heterocycles. The number of halogens is 1. The fourth-order valence-corrected chi connectivity index (χ4v) is 4.07. The molecule has 0 spiro atoms. The molecule has 4 aromatic rings. The Kier molecular flexibility index (Phi) is 4.63. The van der Waals surface area contributed by atoms with Crippen LogP contribution in [0.2, 0.25) is 5.02 Å². The zero-order chi connectivity index (χ0) is 19.0. The molecule has 0 saturated heterocycles. The Bertz CT molecular complexity index is 1170. The lowest BCUT2D eigenvalue weighted by molar-refractivity contribution is 0.325. The van der Waals surface area contributed by atoms with Crippen molar-refractivity contribution in [3.8, 4) is 0 Å². The smallest absolute Gasteiger partial charge is 0.243 e. The second-order valence-electron chi connectivity index (χ2n) is 5.92. The first-order chi connectivity index (χ1) is 13.1. The van der Waals surface area contributed by atoms with Gasteiger partial charge in [-0.15, -0.1) is 11.3 Å². The highest BCUT2D eigenvalue weighted by molar-refractivity contribution is 7.21. The molecule has 2 heterocycles. The van der Waals surface area contributed by atoms with Crippen LogP contribution < -0.4 is 5.32 Å². The molecule has 6 nitrogen and oxygen atoms in total. The van der Waals surface area contributed by atoms with E-state index < -0.39 is 0 Å². The standard InChI is InChI=1S/C19H16ClN5OS/c1-3-26-17(21)19-25-14-7-6-13-15(16(14)27-19)18(23-9-22-13)24-12-5-4-10(2)8-11(12)20/h4-9,21H,3H2,1-2H3,(H,22,23,24). The fraction of sp³-hybridized carbons (Fsp3) is 0.158. The van der Waals surface area contributed by atoms with Crippen molar-refractivity contribution in [2.24, 2.45) is 0 Å². The lowest BCUT2D eigenvalue weighted by Crippen LogP contribution is -2.03. The summed E-state index contributed by atoms with van der Waals surface area (Å²) >= 11 is 7.76. The van der Waals surface area contributed by atoms with Gasteiger partial charge >= 0.3 is 0 Å². The molecule has 0 fully saturated rings. The van der Waals surface area contributed by atoms with Crippen molar-refractivity contribution in [2.45, 2.75) is 13.8 Å². The van der Waals surface area contributed by atoms with Gasteiger partial charge in [-0.2, -0.15) is 0 Å². The first kappa shape index (κ1) is 17.6. The molecule has 0 amide bonds. The third-order valence-corrected chi connectivity index (χ3v) is 5.42. The number of rotatable bonds is 4. The molecule has 0 saturated carbocycles. The minimum Gasteiger partial charge on any atom is -0.476 e. The Morgan fingerprint density at radius 1 is 1.22 bits per heavy atom. The maximum absolute atomic E-state index is 8.01. The van der Waals surface area contributed by atoms with Gasteiger partial charge in [-0.25, -0.2) is 15.0 Å². The number of benzene rings is 2. The lowest BCUT2D eigenvalue weighted by atomic mass is 10.2. The Morgan fingerprint density at radius 2 is 2.04 bits per heavy atom. The minimum atomic E-state index is 0.0692. The van der Waals surface area contributed by atoms with Crippen LogP contribution in [0.25, 0.3) is 21.1 Å². The van der Waals surface area contributed by atoms with Crippen LogP contribution in [0.1, 0.15) is 17.5 Å². The summed E-state index contributed by atoms with van der Waals surface area (Å²) in [6, 6.07) is 9.61. The van der Waals surface area contributed by atoms with Crippen LogP contribution in [-0.2, 0) is 4.74 Å². The molecule has 2 N–H and O–H groups in total. The van der Waals surface area contributed by atoms with E-state index in [-0.39, 0.29) is 5.90 Å². The Hall–Kier alpha value is -2.77. The predicted molar refractivity (Wildman–Crippen MR) is 111 cm³/mol. The van der Waals surface area contributed by atoms with Gasteiger partial charge in [0.05, 0.1) is 38.4 Å². The van der Waals surface area contributed by atoms with Gasteiger partial charge in [0.15, 0.2) is 5.01 Å². The maximum atomic E-state index is 8.01. The Morgan fingerprint density at radius 3 is 2.81 bits per heavy atom. The highest BCUT2D eigenvalue weighted by Crippen LogP contribution is 2.35. The Labute approximate surface area is 164 Å². The highest BCUT2D eigenvalue weighted by atomic mass is 35.5. The zero-order valence-electron chi connectivity index (χ0n) is 14.7. The van der Waals surface area contributed by atoms with Crippen LogP contribution in [0.5, 0.6) is 0 Å². The van der Waals surface area contributed by atoms with E-state index >= 15 is 0 Å². The number of hydrogen-bond donors (Lipinski definition) is 2. The van der Waals surface area contributed by atoms with E-state index in [1.807, 2.05) is 44.2 Å². The summed E-state index contributed by atoms with van der Waals surface area (Å²) < 4.78 is 6.19. The molecule has 0 atom stereocenters. The number of fused-ring (bicyclic) bond motifs is 3. The molecule has 2 aromatic carbocycles. The molecule has 27 heavy (non-hydrogen) atoms. The first-order valence-corrected chi connectivity index (χ1v) is 9.55. The maximum Gasteiger partial charge on any atom is 0.243 e. The van der Waals surface area contributed by atoms with Gasteiger partial charge < -0.3 is 10.1 Å². The highest BCUT2D eigenvalue weighted by Gasteiger charge is 2.16. The summed E-state index contributed by atoms with van der Waals surface area (Å²) in [5.74, 6) is 0.717. The SMILES string of the molecule is CCOC(=N)c1nc2ccc3ncnc(Nc4ccc(C)cc4Cl)c3c2s1. The van der Waals surface area contributed by atoms with E-state index in [1.54, 1.807) is 0 Å². The molecule has 0 aliphatic rings. The van der Waals surface area contributed by atoms with Gasteiger partial charge in [-0.3, -0.25) is 5.41 Å².